The fraction of sp³-hybridized carbons (Fsp3) is 0.158. The van der Waals surface area contributed by atoms with E-state index in [0.29, 0.717) is 11.6 Å². The fourth-order valence-corrected chi connectivity index (χ4v) is 3.05. The van der Waals surface area contributed by atoms with Crippen LogP contribution in [0, 0.1) is 6.92 Å². The number of benzene rings is 2. The molecule has 1 aliphatic carbocycles. The summed E-state index contributed by atoms with van der Waals surface area (Å²) in [5.41, 5.74) is 6.16. The third-order valence-corrected chi connectivity index (χ3v) is 4.14. The first-order chi connectivity index (χ1) is 11.7. The Morgan fingerprint density at radius 3 is 2.79 bits per heavy atom. The molecule has 5 heteroatoms. The predicted octanol–water partition coefficient (Wildman–Crippen LogP) is 3.60. The first-order valence-corrected chi connectivity index (χ1v) is 7.87. The van der Waals surface area contributed by atoms with Crippen LogP contribution in [-0.2, 0) is 11.2 Å². The maximum absolute atomic E-state index is 12.0. The van der Waals surface area contributed by atoms with Crippen LogP contribution in [0.5, 0.6) is 0 Å². The molecule has 0 unspecified atom stereocenters. The van der Waals surface area contributed by atoms with Gasteiger partial charge in [-0.1, -0.05) is 35.5 Å². The zero-order chi connectivity index (χ0) is 16.5. The van der Waals surface area contributed by atoms with Gasteiger partial charge in [0.2, 0.25) is 5.91 Å². The summed E-state index contributed by atoms with van der Waals surface area (Å²) in [6.07, 6.45) is 0.936. The normalized spacial score (nSPS) is 11.7. The molecule has 5 nitrogen and oxygen atoms in total. The lowest BCUT2D eigenvalue weighted by atomic mass is 10.1. The summed E-state index contributed by atoms with van der Waals surface area (Å²) in [6.45, 7) is 1.96. The van der Waals surface area contributed by atoms with E-state index in [1.165, 1.54) is 22.3 Å². The van der Waals surface area contributed by atoms with Crippen LogP contribution >= 0.6 is 0 Å². The van der Waals surface area contributed by atoms with Gasteiger partial charge in [0, 0.05) is 11.8 Å². The highest BCUT2D eigenvalue weighted by molar-refractivity contribution is 5.93. The van der Waals surface area contributed by atoms with E-state index in [-0.39, 0.29) is 12.5 Å². The molecule has 0 radical (unpaired) electrons. The minimum atomic E-state index is -0.160. The van der Waals surface area contributed by atoms with Crippen LogP contribution in [0.2, 0.25) is 0 Å². The van der Waals surface area contributed by atoms with Gasteiger partial charge in [-0.15, -0.1) is 0 Å². The van der Waals surface area contributed by atoms with Crippen molar-refractivity contribution in [3.05, 3.63) is 65.4 Å². The number of carbonyl (C=O) groups is 1. The molecule has 2 N–H and O–H groups in total. The number of amides is 1. The minimum absolute atomic E-state index is 0.160. The van der Waals surface area contributed by atoms with Crippen LogP contribution in [-0.4, -0.2) is 17.6 Å². The zero-order valence-corrected chi connectivity index (χ0v) is 13.3. The number of nitrogens with zero attached hydrogens (tertiary/aromatic N) is 1. The van der Waals surface area contributed by atoms with Crippen LogP contribution in [0.4, 0.5) is 11.5 Å². The quantitative estimate of drug-likeness (QED) is 0.603. The summed E-state index contributed by atoms with van der Waals surface area (Å²) in [4.78, 5) is 12.0. The van der Waals surface area contributed by atoms with Crippen molar-refractivity contribution in [2.45, 2.75) is 13.3 Å². The van der Waals surface area contributed by atoms with Crippen molar-refractivity contribution >= 4 is 17.4 Å². The highest BCUT2D eigenvalue weighted by atomic mass is 16.5. The molecule has 1 heterocycles. The summed E-state index contributed by atoms with van der Waals surface area (Å²) in [6, 6.07) is 16.4. The lowest BCUT2D eigenvalue weighted by molar-refractivity contribution is -0.114. The van der Waals surface area contributed by atoms with Gasteiger partial charge in [0.05, 0.1) is 6.54 Å². The highest BCUT2D eigenvalue weighted by Gasteiger charge is 2.17. The van der Waals surface area contributed by atoms with E-state index in [9.17, 15) is 4.79 Å². The van der Waals surface area contributed by atoms with Crippen molar-refractivity contribution in [1.82, 2.24) is 5.16 Å². The number of nitrogens with one attached hydrogen (secondary N) is 2. The average Bonchev–Trinajstić information content (AvgIpc) is 3.15. The first kappa shape index (κ1) is 14.5. The van der Waals surface area contributed by atoms with Crippen LogP contribution in [0.3, 0.4) is 0 Å². The molecule has 0 fully saturated rings. The SMILES string of the molecule is Cc1cc(NC(=O)CNc2ccc3c(c2)Cc2ccccc2-3)no1. The number of aryl methyl sites for hydroxylation is 1. The maximum atomic E-state index is 12.0. The Morgan fingerprint density at radius 2 is 1.96 bits per heavy atom. The molecule has 1 amide bonds. The largest absolute Gasteiger partial charge is 0.376 e. The van der Waals surface area contributed by atoms with E-state index in [1.807, 2.05) is 6.07 Å². The Bertz CT molecular complexity index is 914. The Labute approximate surface area is 139 Å². The van der Waals surface area contributed by atoms with Crippen molar-refractivity contribution in [1.29, 1.82) is 0 Å². The average molecular weight is 319 g/mol. The van der Waals surface area contributed by atoms with Gasteiger partial charge in [-0.05, 0) is 47.7 Å². The van der Waals surface area contributed by atoms with Gasteiger partial charge in [0.1, 0.15) is 5.76 Å². The number of carbonyl (C=O) groups excluding carboxylic acids is 1. The molecule has 120 valence electrons. The number of aromatic nitrogens is 1. The Hall–Kier alpha value is -3.08. The van der Waals surface area contributed by atoms with E-state index >= 15 is 0 Å². The maximum Gasteiger partial charge on any atom is 0.244 e. The molecular weight excluding hydrogens is 302 g/mol. The van der Waals surface area contributed by atoms with E-state index in [1.54, 1.807) is 13.0 Å². The lowest BCUT2D eigenvalue weighted by Gasteiger charge is -2.08. The predicted molar refractivity (Wildman–Crippen MR) is 93.0 cm³/mol. The summed E-state index contributed by atoms with van der Waals surface area (Å²) in [5, 5.41) is 9.60. The third-order valence-electron chi connectivity index (χ3n) is 4.14. The molecule has 0 bridgehead atoms. The highest BCUT2D eigenvalue weighted by Crippen LogP contribution is 2.37. The molecule has 2 aromatic carbocycles. The molecule has 4 rings (SSSR count). The number of anilines is 2. The molecule has 0 atom stereocenters. The van der Waals surface area contributed by atoms with Crippen molar-refractivity contribution in [2.24, 2.45) is 0 Å². The standard InChI is InChI=1S/C19H17N3O2/c1-12-8-18(22-24-12)21-19(23)11-20-15-6-7-17-14(10-15)9-13-4-2-3-5-16(13)17/h2-8,10,20H,9,11H2,1H3,(H,21,22,23). The zero-order valence-electron chi connectivity index (χ0n) is 13.3. The molecule has 0 saturated carbocycles. The summed E-state index contributed by atoms with van der Waals surface area (Å²) < 4.78 is 4.92. The van der Waals surface area contributed by atoms with Crippen molar-refractivity contribution in [2.75, 3.05) is 17.2 Å². The topological polar surface area (TPSA) is 67.2 Å². The monoisotopic (exact) mass is 319 g/mol. The summed E-state index contributed by atoms with van der Waals surface area (Å²) >= 11 is 0. The van der Waals surface area contributed by atoms with E-state index in [0.717, 1.165) is 12.1 Å². The third kappa shape index (κ3) is 2.76. The van der Waals surface area contributed by atoms with Gasteiger partial charge in [-0.3, -0.25) is 4.79 Å². The Kier molecular flexibility index (Phi) is 3.54. The Morgan fingerprint density at radius 1 is 1.12 bits per heavy atom. The number of fused-ring (bicyclic) bond motifs is 3. The second kappa shape index (κ2) is 5.85. The van der Waals surface area contributed by atoms with Crippen LogP contribution in [0.15, 0.2) is 53.1 Å². The molecular formula is C19H17N3O2. The van der Waals surface area contributed by atoms with Crippen molar-refractivity contribution in [3.8, 4) is 11.1 Å². The smallest absolute Gasteiger partial charge is 0.244 e. The second-order valence-corrected chi connectivity index (χ2v) is 5.93. The molecule has 1 aliphatic rings. The molecule has 0 aliphatic heterocycles. The fourth-order valence-electron chi connectivity index (χ4n) is 3.05. The van der Waals surface area contributed by atoms with Crippen LogP contribution in [0.1, 0.15) is 16.9 Å². The number of rotatable bonds is 4. The van der Waals surface area contributed by atoms with Crippen molar-refractivity contribution < 1.29 is 9.32 Å². The summed E-state index contributed by atoms with van der Waals surface area (Å²) in [7, 11) is 0. The molecule has 0 saturated heterocycles. The van der Waals surface area contributed by atoms with E-state index in [4.69, 9.17) is 4.52 Å². The van der Waals surface area contributed by atoms with Gasteiger partial charge in [-0.25, -0.2) is 0 Å². The van der Waals surface area contributed by atoms with Gasteiger partial charge in [0.25, 0.3) is 0 Å². The molecule has 3 aromatic rings. The van der Waals surface area contributed by atoms with Crippen molar-refractivity contribution in [3.63, 3.8) is 0 Å². The first-order valence-electron chi connectivity index (χ1n) is 7.87. The van der Waals surface area contributed by atoms with Crippen LogP contribution < -0.4 is 10.6 Å². The second-order valence-electron chi connectivity index (χ2n) is 5.93. The van der Waals surface area contributed by atoms with Gasteiger partial charge in [-0.2, -0.15) is 0 Å². The number of hydrogen-bond acceptors (Lipinski definition) is 4. The van der Waals surface area contributed by atoms with E-state index < -0.39 is 0 Å². The lowest BCUT2D eigenvalue weighted by Crippen LogP contribution is -2.21. The van der Waals surface area contributed by atoms with Gasteiger partial charge >= 0.3 is 0 Å². The summed E-state index contributed by atoms with van der Waals surface area (Å²) in [5.74, 6) is 0.937. The van der Waals surface area contributed by atoms with Crippen LogP contribution in [0.25, 0.3) is 11.1 Å². The molecule has 0 spiro atoms. The van der Waals surface area contributed by atoms with E-state index in [2.05, 4.69) is 52.2 Å². The van der Waals surface area contributed by atoms with Gasteiger partial charge in [0.15, 0.2) is 5.82 Å². The molecule has 1 aromatic heterocycles. The Balaban J connectivity index is 1.41. The minimum Gasteiger partial charge on any atom is -0.376 e. The molecule has 24 heavy (non-hydrogen) atoms. The number of hydrogen-bond donors (Lipinski definition) is 2. The van der Waals surface area contributed by atoms with Gasteiger partial charge < -0.3 is 15.2 Å².